The summed E-state index contributed by atoms with van der Waals surface area (Å²) in [5.41, 5.74) is 2.75. The van der Waals surface area contributed by atoms with Crippen molar-refractivity contribution in [3.8, 4) is 0 Å². The van der Waals surface area contributed by atoms with Crippen LogP contribution in [0.3, 0.4) is 0 Å². The quantitative estimate of drug-likeness (QED) is 0.621. The van der Waals surface area contributed by atoms with E-state index in [-0.39, 0.29) is 23.9 Å². The molecule has 1 fully saturated rings. The van der Waals surface area contributed by atoms with E-state index in [1.165, 1.54) is 6.92 Å². The van der Waals surface area contributed by atoms with Crippen LogP contribution in [-0.2, 0) is 16.0 Å². The molecule has 1 aliphatic heterocycles. The summed E-state index contributed by atoms with van der Waals surface area (Å²) in [6.07, 6.45) is 1.72. The van der Waals surface area contributed by atoms with Crippen molar-refractivity contribution < 1.29 is 14.4 Å². The second kappa shape index (κ2) is 11.0. The molecule has 7 nitrogen and oxygen atoms in total. The molecule has 0 radical (unpaired) electrons. The Hall–Kier alpha value is -3.06. The van der Waals surface area contributed by atoms with Gasteiger partial charge in [-0.25, -0.2) is 4.79 Å². The highest BCUT2D eigenvalue weighted by Gasteiger charge is 2.27. The molecule has 0 aliphatic carbocycles. The predicted octanol–water partition coefficient (Wildman–Crippen LogP) is 3.51. The fraction of sp³-hybridized carbons (Fsp3) is 0.375. The van der Waals surface area contributed by atoms with Gasteiger partial charge in [0.05, 0.1) is 0 Å². The lowest BCUT2D eigenvalue weighted by molar-refractivity contribution is -0.128. The van der Waals surface area contributed by atoms with Gasteiger partial charge in [-0.3, -0.25) is 9.59 Å². The number of benzene rings is 2. The first-order chi connectivity index (χ1) is 15.3. The van der Waals surface area contributed by atoms with Crippen LogP contribution >= 0.6 is 11.6 Å². The van der Waals surface area contributed by atoms with Crippen molar-refractivity contribution in [2.24, 2.45) is 0 Å². The van der Waals surface area contributed by atoms with Crippen LogP contribution in [0.15, 0.2) is 48.5 Å². The number of likely N-dealkylation sites (tertiary alicyclic amines) is 1. The number of hydrogen-bond donors (Lipinski definition) is 3. The normalized spacial score (nSPS) is 15.0. The summed E-state index contributed by atoms with van der Waals surface area (Å²) in [6, 6.07) is 14.0. The number of rotatable bonds is 6. The second-order valence-electron chi connectivity index (χ2n) is 8.09. The summed E-state index contributed by atoms with van der Waals surface area (Å²) in [7, 11) is 0. The number of urea groups is 1. The molecular weight excluding hydrogens is 428 g/mol. The van der Waals surface area contributed by atoms with E-state index in [1.807, 2.05) is 31.2 Å². The molecule has 1 aliphatic rings. The summed E-state index contributed by atoms with van der Waals surface area (Å²) in [5.74, 6) is -0.448. The van der Waals surface area contributed by atoms with Crippen LogP contribution in [0, 0.1) is 6.92 Å². The standard InChI is InChI=1S/C24H29ClN4O3/c1-16-6-3-4-7-18(16)14-22(26-17(2)30)23(31)27-20-10-12-29(13-11-20)24(32)28-21-9-5-8-19(25)15-21/h3-9,15,20,22H,10-14H2,1-2H3,(H,26,30)(H,27,31)(H,28,32). The van der Waals surface area contributed by atoms with E-state index in [9.17, 15) is 14.4 Å². The summed E-state index contributed by atoms with van der Waals surface area (Å²) in [6.45, 7) is 4.46. The lowest BCUT2D eigenvalue weighted by Crippen LogP contribution is -2.53. The highest BCUT2D eigenvalue weighted by molar-refractivity contribution is 6.30. The number of nitrogens with zero attached hydrogens (tertiary/aromatic N) is 1. The van der Waals surface area contributed by atoms with Crippen molar-refractivity contribution in [3.63, 3.8) is 0 Å². The Morgan fingerprint density at radius 1 is 1.09 bits per heavy atom. The number of amides is 4. The fourth-order valence-electron chi connectivity index (χ4n) is 3.81. The van der Waals surface area contributed by atoms with Gasteiger partial charge in [0.15, 0.2) is 0 Å². The Balaban J connectivity index is 1.53. The molecule has 3 rings (SSSR count). The van der Waals surface area contributed by atoms with Gasteiger partial charge in [0.2, 0.25) is 11.8 Å². The zero-order valence-electron chi connectivity index (χ0n) is 18.4. The molecule has 1 heterocycles. The van der Waals surface area contributed by atoms with Crippen LogP contribution in [0.5, 0.6) is 0 Å². The van der Waals surface area contributed by atoms with Crippen molar-refractivity contribution in [1.29, 1.82) is 0 Å². The van der Waals surface area contributed by atoms with Gasteiger partial charge in [-0.05, 0) is 49.1 Å². The maximum atomic E-state index is 12.9. The van der Waals surface area contributed by atoms with Gasteiger partial charge < -0.3 is 20.9 Å². The molecular formula is C24H29ClN4O3. The van der Waals surface area contributed by atoms with E-state index in [2.05, 4.69) is 16.0 Å². The predicted molar refractivity (Wildman–Crippen MR) is 126 cm³/mol. The molecule has 1 unspecified atom stereocenters. The molecule has 32 heavy (non-hydrogen) atoms. The number of anilines is 1. The molecule has 0 aromatic heterocycles. The van der Waals surface area contributed by atoms with Crippen molar-refractivity contribution >= 4 is 35.1 Å². The van der Waals surface area contributed by atoms with Gasteiger partial charge in [0.25, 0.3) is 0 Å². The Kier molecular flexibility index (Phi) is 8.11. The van der Waals surface area contributed by atoms with Crippen LogP contribution in [0.4, 0.5) is 10.5 Å². The van der Waals surface area contributed by atoms with Gasteiger partial charge >= 0.3 is 6.03 Å². The SMILES string of the molecule is CC(=O)NC(Cc1ccccc1C)C(=O)NC1CCN(C(=O)Nc2cccc(Cl)c2)CC1. The third-order valence-corrected chi connectivity index (χ3v) is 5.82. The molecule has 8 heteroatoms. The van der Waals surface area contributed by atoms with Crippen LogP contribution in [-0.4, -0.2) is 47.9 Å². The number of carbonyl (C=O) groups is 3. The van der Waals surface area contributed by atoms with Crippen LogP contribution < -0.4 is 16.0 Å². The Bertz CT molecular complexity index is 973. The maximum Gasteiger partial charge on any atom is 0.321 e. The van der Waals surface area contributed by atoms with E-state index in [0.717, 1.165) is 11.1 Å². The zero-order chi connectivity index (χ0) is 23.1. The molecule has 2 aromatic carbocycles. The number of aryl methyl sites for hydroxylation is 1. The van der Waals surface area contributed by atoms with Crippen LogP contribution in [0.25, 0.3) is 0 Å². The first-order valence-corrected chi connectivity index (χ1v) is 11.1. The lowest BCUT2D eigenvalue weighted by Gasteiger charge is -2.33. The van der Waals surface area contributed by atoms with Gasteiger partial charge in [0.1, 0.15) is 6.04 Å². The molecule has 0 saturated carbocycles. The molecule has 3 N–H and O–H groups in total. The van der Waals surface area contributed by atoms with Gasteiger partial charge in [-0.1, -0.05) is 41.9 Å². The van der Waals surface area contributed by atoms with E-state index in [0.29, 0.717) is 43.1 Å². The molecule has 2 aromatic rings. The van der Waals surface area contributed by atoms with E-state index in [4.69, 9.17) is 11.6 Å². The van der Waals surface area contributed by atoms with E-state index in [1.54, 1.807) is 29.2 Å². The third-order valence-electron chi connectivity index (χ3n) is 5.58. The fourth-order valence-corrected chi connectivity index (χ4v) is 4.00. The van der Waals surface area contributed by atoms with Gasteiger partial charge in [-0.2, -0.15) is 0 Å². The summed E-state index contributed by atoms with van der Waals surface area (Å²) >= 11 is 5.97. The molecule has 170 valence electrons. The van der Waals surface area contributed by atoms with Crippen LogP contribution in [0.2, 0.25) is 5.02 Å². The average molecular weight is 457 g/mol. The average Bonchev–Trinajstić information content (AvgIpc) is 2.75. The smallest absolute Gasteiger partial charge is 0.321 e. The first-order valence-electron chi connectivity index (χ1n) is 10.8. The van der Waals surface area contributed by atoms with Crippen molar-refractivity contribution in [1.82, 2.24) is 15.5 Å². The van der Waals surface area contributed by atoms with E-state index < -0.39 is 6.04 Å². The van der Waals surface area contributed by atoms with Crippen molar-refractivity contribution in [2.45, 2.75) is 45.2 Å². The minimum Gasteiger partial charge on any atom is -0.351 e. The molecule has 0 bridgehead atoms. The van der Waals surface area contributed by atoms with Gasteiger partial charge in [-0.15, -0.1) is 0 Å². The van der Waals surface area contributed by atoms with E-state index >= 15 is 0 Å². The Labute approximate surface area is 193 Å². The maximum absolute atomic E-state index is 12.9. The summed E-state index contributed by atoms with van der Waals surface area (Å²) < 4.78 is 0. The van der Waals surface area contributed by atoms with Crippen LogP contribution in [0.1, 0.15) is 30.9 Å². The highest BCUT2D eigenvalue weighted by atomic mass is 35.5. The molecule has 4 amide bonds. The Morgan fingerprint density at radius 2 is 1.81 bits per heavy atom. The largest absolute Gasteiger partial charge is 0.351 e. The van der Waals surface area contributed by atoms with Crippen molar-refractivity contribution in [2.75, 3.05) is 18.4 Å². The molecule has 1 atom stereocenters. The minimum absolute atomic E-state index is 0.0501. The Morgan fingerprint density at radius 3 is 2.47 bits per heavy atom. The molecule has 0 spiro atoms. The number of halogens is 1. The number of carbonyl (C=O) groups excluding carboxylic acids is 3. The summed E-state index contributed by atoms with van der Waals surface area (Å²) in [4.78, 5) is 38.8. The topological polar surface area (TPSA) is 90.5 Å². The number of piperidine rings is 1. The lowest BCUT2D eigenvalue weighted by atomic mass is 9.99. The second-order valence-corrected chi connectivity index (χ2v) is 8.53. The zero-order valence-corrected chi connectivity index (χ0v) is 19.1. The molecule has 1 saturated heterocycles. The number of hydrogen-bond acceptors (Lipinski definition) is 3. The van der Waals surface area contributed by atoms with Gasteiger partial charge in [0, 0.05) is 43.2 Å². The third kappa shape index (κ3) is 6.72. The minimum atomic E-state index is -0.641. The summed E-state index contributed by atoms with van der Waals surface area (Å²) in [5, 5.41) is 9.23. The highest BCUT2D eigenvalue weighted by Crippen LogP contribution is 2.17. The van der Waals surface area contributed by atoms with Crippen molar-refractivity contribution in [3.05, 3.63) is 64.7 Å². The first kappa shape index (κ1) is 23.6. The number of nitrogens with one attached hydrogen (secondary N) is 3. The monoisotopic (exact) mass is 456 g/mol.